The molecule has 1 rings (SSSR count). The van der Waals surface area contributed by atoms with Gasteiger partial charge in [-0.2, -0.15) is 0 Å². The summed E-state index contributed by atoms with van der Waals surface area (Å²) in [6.45, 7) is 1.16. The number of thioether (sulfide) groups is 1. The van der Waals surface area contributed by atoms with Crippen molar-refractivity contribution in [3.63, 3.8) is 0 Å². The van der Waals surface area contributed by atoms with E-state index in [1.54, 1.807) is 6.92 Å². The molecule has 1 atom stereocenters. The van der Waals surface area contributed by atoms with E-state index in [-0.39, 0.29) is 0 Å². The average molecular weight is 280 g/mol. The molecule has 0 radical (unpaired) electrons. The molecule has 1 aliphatic rings. The van der Waals surface area contributed by atoms with Gasteiger partial charge in [-0.3, -0.25) is 0 Å². The average Bonchev–Trinajstić information content (AvgIpc) is 2.54. The van der Waals surface area contributed by atoms with E-state index in [1.165, 1.54) is 11.8 Å². The molecule has 8 nitrogen and oxygen atoms in total. The highest BCUT2D eigenvalue weighted by molar-refractivity contribution is 8.05. The number of hydrogen-bond donors (Lipinski definition) is 0. The molecule has 0 bridgehead atoms. The fourth-order valence-corrected chi connectivity index (χ4v) is 2.71. The summed E-state index contributed by atoms with van der Waals surface area (Å²) in [6, 6.07) is 0. The van der Waals surface area contributed by atoms with Crippen molar-refractivity contribution < 1.29 is 19.8 Å². The zero-order chi connectivity index (χ0) is 13.0. The molecule has 0 aromatic rings. The lowest BCUT2D eigenvalue weighted by atomic mass is 10.2. The minimum atomic E-state index is -1.11. The maximum atomic E-state index is 10.3. The summed E-state index contributed by atoms with van der Waals surface area (Å²) < 4.78 is 0. The Morgan fingerprint density at radius 3 is 2.53 bits per heavy atom. The van der Waals surface area contributed by atoms with Gasteiger partial charge < -0.3 is 9.68 Å². The van der Waals surface area contributed by atoms with Crippen molar-refractivity contribution in [2.24, 2.45) is 0 Å². The van der Waals surface area contributed by atoms with Crippen LogP contribution in [0.4, 0.5) is 0 Å². The summed E-state index contributed by atoms with van der Waals surface area (Å²) in [7, 11) is 0. The van der Waals surface area contributed by atoms with Crippen LogP contribution in [-0.2, 0) is 9.68 Å². The number of thiocarbonyl (C=S) groups is 1. The first-order valence-corrected chi connectivity index (χ1v) is 5.76. The molecule has 0 N–H and O–H groups in total. The minimum absolute atomic E-state index is 0.508. The van der Waals surface area contributed by atoms with Crippen LogP contribution in [0.5, 0.6) is 0 Å². The van der Waals surface area contributed by atoms with Gasteiger partial charge in [0.25, 0.3) is 10.2 Å². The third kappa shape index (κ3) is 3.82. The number of nitrogens with zero attached hydrogens (tertiary/aromatic N) is 2. The molecule has 0 fully saturated rings. The van der Waals surface area contributed by atoms with E-state index in [4.69, 9.17) is 12.2 Å². The molecule has 1 unspecified atom stereocenters. The van der Waals surface area contributed by atoms with Crippen molar-refractivity contribution in [3.8, 4) is 0 Å². The van der Waals surface area contributed by atoms with Crippen LogP contribution in [-0.4, -0.2) is 33.5 Å². The van der Waals surface area contributed by atoms with E-state index in [2.05, 4.69) is 9.68 Å². The van der Waals surface area contributed by atoms with Crippen LogP contribution in [0.3, 0.4) is 0 Å². The summed E-state index contributed by atoms with van der Waals surface area (Å²) in [4.78, 5) is 30.0. The van der Waals surface area contributed by atoms with Crippen LogP contribution >= 0.6 is 24.0 Å². The summed E-state index contributed by atoms with van der Waals surface area (Å²) >= 11 is 6.28. The predicted molar refractivity (Wildman–Crippen MR) is 62.6 cm³/mol. The molecule has 94 valence electrons. The van der Waals surface area contributed by atoms with E-state index in [9.17, 15) is 20.2 Å². The van der Waals surface area contributed by atoms with Crippen LogP contribution < -0.4 is 0 Å². The highest BCUT2D eigenvalue weighted by Crippen LogP contribution is 2.33. The number of allylic oxidation sites excluding steroid dienone is 1. The van der Waals surface area contributed by atoms with Gasteiger partial charge in [0.1, 0.15) is 6.61 Å². The fourth-order valence-electron chi connectivity index (χ4n) is 1.22. The monoisotopic (exact) mass is 280 g/mol. The molecule has 17 heavy (non-hydrogen) atoms. The van der Waals surface area contributed by atoms with Gasteiger partial charge in [-0.1, -0.05) is 12.2 Å². The lowest BCUT2D eigenvalue weighted by Gasteiger charge is -2.15. The molecule has 0 saturated heterocycles. The highest BCUT2D eigenvalue weighted by atomic mass is 32.2. The maximum absolute atomic E-state index is 10.3. The SMILES string of the molecule is CC1=C(C(CO[N+](=O)[O-])O[N+](=O)[O-])SCC1=S. The Labute approximate surface area is 105 Å². The zero-order valence-electron chi connectivity index (χ0n) is 8.65. The van der Waals surface area contributed by atoms with Crippen molar-refractivity contribution >= 4 is 28.8 Å². The minimum Gasteiger partial charge on any atom is -0.311 e. The van der Waals surface area contributed by atoms with Crippen LogP contribution in [0, 0.1) is 20.2 Å². The zero-order valence-corrected chi connectivity index (χ0v) is 10.3. The number of rotatable bonds is 6. The molecule has 0 amide bonds. The van der Waals surface area contributed by atoms with Crippen LogP contribution in [0.25, 0.3) is 0 Å². The molecule has 10 heteroatoms. The van der Waals surface area contributed by atoms with E-state index in [0.717, 1.165) is 0 Å². The van der Waals surface area contributed by atoms with Crippen LogP contribution in [0.2, 0.25) is 0 Å². The maximum Gasteiger partial charge on any atom is 0.295 e. The Kier molecular flexibility index (Phi) is 4.63. The largest absolute Gasteiger partial charge is 0.311 e. The van der Waals surface area contributed by atoms with Crippen molar-refractivity contribution in [1.82, 2.24) is 0 Å². The normalized spacial score (nSPS) is 16.9. The molecule has 0 aliphatic carbocycles. The van der Waals surface area contributed by atoms with Crippen molar-refractivity contribution in [3.05, 3.63) is 30.7 Å². The highest BCUT2D eigenvalue weighted by Gasteiger charge is 2.28. The quantitative estimate of drug-likeness (QED) is 0.405. The third-order valence-electron chi connectivity index (χ3n) is 1.98. The third-order valence-corrected chi connectivity index (χ3v) is 3.93. The Hall–Kier alpha value is -1.42. The molecule has 0 aromatic carbocycles. The van der Waals surface area contributed by atoms with Gasteiger partial charge in [0, 0.05) is 15.5 Å². The van der Waals surface area contributed by atoms with Gasteiger partial charge in [-0.15, -0.1) is 32.0 Å². The standard InChI is InChI=1S/C7H8N2O6S2/c1-4-6(16)3-17-7(4)5(15-9(12)13)2-14-8(10)11/h5H,2-3H2,1H3. The van der Waals surface area contributed by atoms with Crippen molar-refractivity contribution in [1.29, 1.82) is 0 Å². The van der Waals surface area contributed by atoms with Gasteiger partial charge in [0.2, 0.25) is 0 Å². The molecular formula is C7H8N2O6S2. The second kappa shape index (κ2) is 5.77. The summed E-state index contributed by atoms with van der Waals surface area (Å²) in [5.74, 6) is 0.520. The van der Waals surface area contributed by atoms with Gasteiger partial charge in [0.05, 0.1) is 0 Å². The number of hydrogen-bond acceptors (Lipinski definition) is 8. The molecule has 1 aliphatic heterocycles. The smallest absolute Gasteiger partial charge is 0.295 e. The van der Waals surface area contributed by atoms with Gasteiger partial charge >= 0.3 is 0 Å². The molecule has 0 saturated carbocycles. The molecule has 0 aromatic heterocycles. The lowest BCUT2D eigenvalue weighted by molar-refractivity contribution is -0.787. The first-order valence-electron chi connectivity index (χ1n) is 4.37. The summed E-state index contributed by atoms with van der Waals surface area (Å²) in [5.41, 5.74) is 0.684. The van der Waals surface area contributed by atoms with Gasteiger partial charge in [-0.05, 0) is 12.5 Å². The predicted octanol–water partition coefficient (Wildman–Crippen LogP) is 1.16. The Morgan fingerprint density at radius 2 is 2.12 bits per heavy atom. The molecule has 1 heterocycles. The van der Waals surface area contributed by atoms with Gasteiger partial charge in [0.15, 0.2) is 6.10 Å². The van der Waals surface area contributed by atoms with Gasteiger partial charge in [-0.25, -0.2) is 0 Å². The van der Waals surface area contributed by atoms with E-state index in [0.29, 0.717) is 21.1 Å². The second-order valence-electron chi connectivity index (χ2n) is 3.04. The first kappa shape index (κ1) is 13.6. The second-order valence-corrected chi connectivity index (χ2v) is 4.55. The topological polar surface area (TPSA) is 105 Å². The van der Waals surface area contributed by atoms with E-state index in [1.807, 2.05) is 0 Å². The first-order chi connectivity index (χ1) is 7.91. The molecular weight excluding hydrogens is 272 g/mol. The lowest BCUT2D eigenvalue weighted by Crippen LogP contribution is -2.25. The summed E-state index contributed by atoms with van der Waals surface area (Å²) in [6.07, 6.45) is -1.11. The van der Waals surface area contributed by atoms with Crippen molar-refractivity contribution in [2.45, 2.75) is 13.0 Å². The van der Waals surface area contributed by atoms with E-state index >= 15 is 0 Å². The Morgan fingerprint density at radius 1 is 1.47 bits per heavy atom. The van der Waals surface area contributed by atoms with Crippen LogP contribution in [0.1, 0.15) is 6.92 Å². The Bertz CT molecular complexity index is 396. The fraction of sp³-hybridized carbons (Fsp3) is 0.571. The molecule has 0 spiro atoms. The Balaban J connectivity index is 2.79. The van der Waals surface area contributed by atoms with Crippen LogP contribution in [0.15, 0.2) is 10.5 Å². The summed E-state index contributed by atoms with van der Waals surface area (Å²) in [5, 5.41) is 18.3. The van der Waals surface area contributed by atoms with E-state index < -0.39 is 22.9 Å². The van der Waals surface area contributed by atoms with Crippen molar-refractivity contribution in [2.75, 3.05) is 12.4 Å².